The van der Waals surface area contributed by atoms with Crippen molar-refractivity contribution in [3.05, 3.63) is 59.3 Å². The summed E-state index contributed by atoms with van der Waals surface area (Å²) in [5.41, 5.74) is 5.39. The van der Waals surface area contributed by atoms with E-state index in [1.807, 2.05) is 36.4 Å². The molecule has 0 radical (unpaired) electrons. The Morgan fingerprint density at radius 3 is 2.52 bits per heavy atom. The summed E-state index contributed by atoms with van der Waals surface area (Å²) in [5, 5.41) is 3.13. The van der Waals surface area contributed by atoms with E-state index in [9.17, 15) is 4.79 Å². The third-order valence-corrected chi connectivity index (χ3v) is 5.72. The molecule has 2 aromatic carbocycles. The van der Waals surface area contributed by atoms with E-state index in [2.05, 4.69) is 16.3 Å². The fraction of sp³-hybridized carbons (Fsp3) is 0.348. The molecule has 1 aliphatic carbocycles. The molecule has 1 aliphatic heterocycles. The van der Waals surface area contributed by atoms with Crippen LogP contribution >= 0.6 is 0 Å². The van der Waals surface area contributed by atoms with Crippen LogP contribution in [0.1, 0.15) is 34.5 Å². The minimum Gasteiger partial charge on any atom is -0.378 e. The number of morpholine rings is 1. The van der Waals surface area contributed by atoms with E-state index in [0.29, 0.717) is 37.8 Å². The van der Waals surface area contributed by atoms with Gasteiger partial charge in [-0.2, -0.15) is 0 Å². The number of nitrogens with one attached hydrogen (secondary N) is 1. The van der Waals surface area contributed by atoms with Gasteiger partial charge in [-0.25, -0.2) is 9.97 Å². The number of hydrogen-bond acceptors (Lipinski definition) is 5. The van der Waals surface area contributed by atoms with Crippen molar-refractivity contribution in [2.24, 2.45) is 0 Å². The van der Waals surface area contributed by atoms with Gasteiger partial charge in [-0.05, 0) is 55.0 Å². The highest BCUT2D eigenvalue weighted by Gasteiger charge is 2.24. The van der Waals surface area contributed by atoms with Crippen LogP contribution in [0.25, 0.3) is 11.0 Å². The Kier molecular flexibility index (Phi) is 4.86. The maximum absolute atomic E-state index is 13.3. The molecule has 1 fully saturated rings. The van der Waals surface area contributed by atoms with E-state index in [0.717, 1.165) is 36.0 Å². The number of aryl methyl sites for hydroxylation is 1. The second-order valence-electron chi connectivity index (χ2n) is 7.59. The highest BCUT2D eigenvalue weighted by molar-refractivity contribution is 6.07. The summed E-state index contributed by atoms with van der Waals surface area (Å²) in [6.45, 7) is 2.66. The van der Waals surface area contributed by atoms with Crippen LogP contribution in [-0.2, 0) is 17.6 Å². The van der Waals surface area contributed by atoms with Crippen molar-refractivity contribution in [3.63, 3.8) is 0 Å². The van der Waals surface area contributed by atoms with Crippen LogP contribution in [0.15, 0.2) is 42.5 Å². The van der Waals surface area contributed by atoms with E-state index in [4.69, 9.17) is 14.7 Å². The summed E-state index contributed by atoms with van der Waals surface area (Å²) in [4.78, 5) is 24.9. The van der Waals surface area contributed by atoms with Crippen LogP contribution in [0.2, 0.25) is 0 Å². The largest absolute Gasteiger partial charge is 0.378 e. The van der Waals surface area contributed by atoms with E-state index in [-0.39, 0.29) is 5.91 Å². The van der Waals surface area contributed by atoms with Gasteiger partial charge in [0.05, 0.1) is 24.2 Å². The molecule has 6 heteroatoms. The third-order valence-electron chi connectivity index (χ3n) is 5.72. The van der Waals surface area contributed by atoms with Gasteiger partial charge in [-0.15, -0.1) is 0 Å². The Bertz CT molecular complexity index is 1060. The molecule has 0 spiro atoms. The minimum absolute atomic E-state index is 0.205. The molecule has 1 amide bonds. The fourth-order valence-corrected chi connectivity index (χ4v) is 4.22. The van der Waals surface area contributed by atoms with Gasteiger partial charge in [0.1, 0.15) is 0 Å². The summed E-state index contributed by atoms with van der Waals surface area (Å²) in [7, 11) is 0. The Labute approximate surface area is 169 Å². The number of carbonyl (C=O) groups excluding carboxylic acids is 1. The Morgan fingerprint density at radius 2 is 1.69 bits per heavy atom. The van der Waals surface area contributed by atoms with Gasteiger partial charge in [0, 0.05) is 18.8 Å². The number of aromatic nitrogens is 2. The van der Waals surface area contributed by atoms with Crippen molar-refractivity contribution in [1.29, 1.82) is 0 Å². The van der Waals surface area contributed by atoms with Crippen LogP contribution in [0.3, 0.4) is 0 Å². The second-order valence-corrected chi connectivity index (χ2v) is 7.59. The molecule has 0 unspecified atom stereocenters. The number of rotatable bonds is 3. The van der Waals surface area contributed by atoms with Gasteiger partial charge in [-0.1, -0.05) is 24.3 Å². The van der Waals surface area contributed by atoms with Crippen molar-refractivity contribution in [2.75, 3.05) is 36.5 Å². The summed E-state index contributed by atoms with van der Waals surface area (Å²) >= 11 is 0. The number of carbonyl (C=O) groups is 1. The Balaban J connectivity index is 1.54. The summed E-state index contributed by atoms with van der Waals surface area (Å²) < 4.78 is 5.48. The standard InChI is InChI=1S/C23H24N4O2/c28-23(26-18-11-5-7-16-6-1-2-8-17(16)18)21-22(27-12-14-29-15-13-27)25-20-10-4-3-9-19(20)24-21/h3-5,7,9-11H,1-2,6,8,12-15H2,(H,26,28). The third kappa shape index (κ3) is 3.56. The lowest BCUT2D eigenvalue weighted by atomic mass is 9.90. The van der Waals surface area contributed by atoms with Crippen LogP contribution in [0, 0.1) is 0 Å². The zero-order valence-electron chi connectivity index (χ0n) is 16.4. The van der Waals surface area contributed by atoms with Gasteiger partial charge >= 0.3 is 0 Å². The molecule has 1 N–H and O–H groups in total. The minimum atomic E-state index is -0.205. The molecule has 5 rings (SSSR count). The molecule has 1 saturated heterocycles. The summed E-state index contributed by atoms with van der Waals surface area (Å²) in [6.07, 6.45) is 4.45. The molecule has 148 valence electrons. The maximum Gasteiger partial charge on any atom is 0.278 e. The zero-order chi connectivity index (χ0) is 19.6. The van der Waals surface area contributed by atoms with Crippen molar-refractivity contribution in [3.8, 4) is 0 Å². The van der Waals surface area contributed by atoms with Gasteiger partial charge in [0.2, 0.25) is 0 Å². The summed E-state index contributed by atoms with van der Waals surface area (Å²) in [6, 6.07) is 13.9. The average molecular weight is 388 g/mol. The molecule has 0 bridgehead atoms. The first kappa shape index (κ1) is 18.1. The first-order valence-electron chi connectivity index (χ1n) is 10.3. The van der Waals surface area contributed by atoms with Crippen LogP contribution in [0.5, 0.6) is 0 Å². The number of anilines is 2. The number of ether oxygens (including phenoxy) is 1. The number of benzene rings is 2. The summed E-state index contributed by atoms with van der Waals surface area (Å²) in [5.74, 6) is 0.429. The van der Waals surface area contributed by atoms with Gasteiger partial charge in [-0.3, -0.25) is 4.79 Å². The topological polar surface area (TPSA) is 67.4 Å². The molecule has 3 aromatic rings. The number of fused-ring (bicyclic) bond motifs is 2. The molecular formula is C23H24N4O2. The van der Waals surface area contributed by atoms with E-state index in [1.165, 1.54) is 17.5 Å². The van der Waals surface area contributed by atoms with Crippen molar-refractivity contribution < 1.29 is 9.53 Å². The lowest BCUT2D eigenvalue weighted by Gasteiger charge is -2.29. The fourth-order valence-electron chi connectivity index (χ4n) is 4.22. The number of amides is 1. The smallest absolute Gasteiger partial charge is 0.278 e. The highest BCUT2D eigenvalue weighted by Crippen LogP contribution is 2.29. The molecule has 6 nitrogen and oxygen atoms in total. The first-order valence-corrected chi connectivity index (χ1v) is 10.3. The van der Waals surface area contributed by atoms with Crippen LogP contribution < -0.4 is 10.2 Å². The molecular weight excluding hydrogens is 364 g/mol. The number of para-hydroxylation sites is 2. The molecule has 1 aromatic heterocycles. The van der Waals surface area contributed by atoms with Gasteiger partial charge in [0.15, 0.2) is 11.5 Å². The number of hydrogen-bond donors (Lipinski definition) is 1. The SMILES string of the molecule is O=C(Nc1cccc2c1CCCC2)c1nc2ccccc2nc1N1CCOCC1. The Morgan fingerprint density at radius 1 is 0.931 bits per heavy atom. The second kappa shape index (κ2) is 7.79. The molecule has 0 saturated carbocycles. The predicted octanol–water partition coefficient (Wildman–Crippen LogP) is 3.60. The molecule has 29 heavy (non-hydrogen) atoms. The van der Waals surface area contributed by atoms with Crippen molar-refractivity contribution >= 4 is 28.4 Å². The lowest BCUT2D eigenvalue weighted by molar-refractivity contribution is 0.101. The van der Waals surface area contributed by atoms with Crippen LogP contribution in [-0.4, -0.2) is 42.2 Å². The van der Waals surface area contributed by atoms with E-state index < -0.39 is 0 Å². The van der Waals surface area contributed by atoms with E-state index >= 15 is 0 Å². The van der Waals surface area contributed by atoms with Crippen molar-refractivity contribution in [1.82, 2.24) is 9.97 Å². The normalized spacial score (nSPS) is 16.5. The Hall–Kier alpha value is -2.99. The maximum atomic E-state index is 13.3. The van der Waals surface area contributed by atoms with Crippen LogP contribution in [0.4, 0.5) is 11.5 Å². The molecule has 2 heterocycles. The lowest BCUT2D eigenvalue weighted by Crippen LogP contribution is -2.38. The van der Waals surface area contributed by atoms with Gasteiger partial charge in [0.25, 0.3) is 5.91 Å². The van der Waals surface area contributed by atoms with Gasteiger partial charge < -0.3 is 15.0 Å². The monoisotopic (exact) mass is 388 g/mol. The average Bonchev–Trinajstić information content (AvgIpc) is 2.79. The highest BCUT2D eigenvalue weighted by atomic mass is 16.5. The quantitative estimate of drug-likeness (QED) is 0.743. The zero-order valence-corrected chi connectivity index (χ0v) is 16.4. The molecule has 0 atom stereocenters. The van der Waals surface area contributed by atoms with E-state index in [1.54, 1.807) is 0 Å². The number of nitrogens with zero attached hydrogens (tertiary/aromatic N) is 3. The predicted molar refractivity (Wildman–Crippen MR) is 114 cm³/mol. The van der Waals surface area contributed by atoms with Crippen molar-refractivity contribution in [2.45, 2.75) is 25.7 Å². The first-order chi connectivity index (χ1) is 14.3. The molecule has 2 aliphatic rings.